The summed E-state index contributed by atoms with van der Waals surface area (Å²) in [6.07, 6.45) is -0.369. The Kier molecular flexibility index (Phi) is 10.3. The second kappa shape index (κ2) is 8.23. The van der Waals surface area contributed by atoms with E-state index in [0.29, 0.717) is 0 Å². The summed E-state index contributed by atoms with van der Waals surface area (Å²) in [5, 5.41) is 0. The molecule has 0 aromatic carbocycles. The van der Waals surface area contributed by atoms with E-state index < -0.39 is 15.9 Å². The molecule has 13 heavy (non-hydrogen) atoms. The summed E-state index contributed by atoms with van der Waals surface area (Å²) in [7, 11) is -2.12. The number of rotatable bonds is 6. The van der Waals surface area contributed by atoms with Crippen molar-refractivity contribution in [3.8, 4) is 0 Å². The number of hydrogen-bond donors (Lipinski definition) is 0. The molecule has 0 saturated carbocycles. The molecular formula is C4H12LiO6P2+. The average molecular weight is 225 g/mol. The van der Waals surface area contributed by atoms with Crippen molar-refractivity contribution < 1.29 is 46.1 Å². The van der Waals surface area contributed by atoms with Crippen LogP contribution in [0, 0.1) is 0 Å². The minimum absolute atomic E-state index is 0. The molecule has 0 heterocycles. The smallest absolute Gasteiger partial charge is 0.314 e. The molecule has 0 saturated heterocycles. The summed E-state index contributed by atoms with van der Waals surface area (Å²) in [5.74, 6) is 0. The van der Waals surface area contributed by atoms with Gasteiger partial charge in [0.25, 0.3) is 0 Å². The largest absolute Gasteiger partial charge is 1.00 e. The fourth-order valence-electron chi connectivity index (χ4n) is 0.371. The van der Waals surface area contributed by atoms with Gasteiger partial charge in [-0.2, -0.15) is 0 Å². The summed E-state index contributed by atoms with van der Waals surface area (Å²) in [6.45, 7) is 0. The van der Waals surface area contributed by atoms with Gasteiger partial charge in [0.15, 0.2) is 6.35 Å². The van der Waals surface area contributed by atoms with Crippen molar-refractivity contribution in [3.05, 3.63) is 0 Å². The van der Waals surface area contributed by atoms with Gasteiger partial charge in [0.1, 0.15) is 0 Å². The van der Waals surface area contributed by atoms with E-state index in [-0.39, 0.29) is 25.2 Å². The van der Waals surface area contributed by atoms with Gasteiger partial charge in [-0.1, -0.05) is 0 Å². The molecule has 0 bridgehead atoms. The molecule has 0 radical (unpaired) electrons. The Morgan fingerprint density at radius 2 is 1.69 bits per heavy atom. The summed E-state index contributed by atoms with van der Waals surface area (Å²) in [4.78, 5) is 0. The maximum atomic E-state index is 11.2. The Hall–Kier alpha value is 0.897. The molecule has 0 N–H and O–H groups in total. The van der Waals surface area contributed by atoms with Crippen molar-refractivity contribution in [3.63, 3.8) is 0 Å². The van der Waals surface area contributed by atoms with Crippen LogP contribution < -0.4 is 18.9 Å². The van der Waals surface area contributed by atoms with Gasteiger partial charge in [-0.3, -0.25) is 13.7 Å². The molecule has 74 valence electrons. The molecule has 0 fully saturated rings. The molecule has 0 aromatic heterocycles. The van der Waals surface area contributed by atoms with E-state index in [1.54, 1.807) is 0 Å². The first-order chi connectivity index (χ1) is 5.58. The maximum Gasteiger partial charge on any atom is 1.00 e. The third-order valence-electron chi connectivity index (χ3n) is 1.06. The molecule has 9 heteroatoms. The molecule has 0 aliphatic rings. The molecule has 0 spiro atoms. The first kappa shape index (κ1) is 16.3. The van der Waals surface area contributed by atoms with Gasteiger partial charge in [-0.15, -0.1) is 0 Å². The molecule has 0 aliphatic carbocycles. The summed E-state index contributed by atoms with van der Waals surface area (Å²) < 4.78 is 39.7. The third-order valence-corrected chi connectivity index (χ3v) is 3.58. The predicted octanol–water partition coefficient (Wildman–Crippen LogP) is -1.51. The topological polar surface area (TPSA) is 71.1 Å². The standard InChI is InChI=1S/C4H12O6P2.Li/c1-7-11(5)10-4-12(6,8-2)9-3;/h11H,4H2,1-3H3;/q;+1. The van der Waals surface area contributed by atoms with Crippen LogP contribution in [0.25, 0.3) is 0 Å². The van der Waals surface area contributed by atoms with Crippen molar-refractivity contribution in [1.29, 1.82) is 0 Å². The van der Waals surface area contributed by atoms with Crippen LogP contribution in [0.2, 0.25) is 0 Å². The van der Waals surface area contributed by atoms with Gasteiger partial charge in [0.05, 0.1) is 0 Å². The van der Waals surface area contributed by atoms with Crippen LogP contribution in [-0.4, -0.2) is 27.7 Å². The molecule has 0 amide bonds. The van der Waals surface area contributed by atoms with E-state index in [2.05, 4.69) is 18.1 Å². The van der Waals surface area contributed by atoms with Crippen LogP contribution in [-0.2, 0) is 27.2 Å². The predicted molar refractivity (Wildman–Crippen MR) is 43.6 cm³/mol. The van der Waals surface area contributed by atoms with Crippen molar-refractivity contribution in [1.82, 2.24) is 0 Å². The molecular weight excluding hydrogens is 213 g/mol. The quantitative estimate of drug-likeness (QED) is 0.404. The van der Waals surface area contributed by atoms with E-state index in [9.17, 15) is 9.13 Å². The van der Waals surface area contributed by atoms with Gasteiger partial charge in [0.2, 0.25) is 0 Å². The normalized spacial score (nSPS) is 13.5. The van der Waals surface area contributed by atoms with Crippen molar-refractivity contribution in [2.45, 2.75) is 0 Å². The molecule has 1 atom stereocenters. The van der Waals surface area contributed by atoms with Crippen molar-refractivity contribution >= 4 is 15.9 Å². The second-order valence-electron chi connectivity index (χ2n) is 1.70. The van der Waals surface area contributed by atoms with Gasteiger partial charge in [0, 0.05) is 21.3 Å². The fraction of sp³-hybridized carbons (Fsp3) is 1.00. The fourth-order valence-corrected chi connectivity index (χ4v) is 1.90. The average Bonchev–Trinajstić information content (AvgIpc) is 2.13. The summed E-state index contributed by atoms with van der Waals surface area (Å²) in [6, 6.07) is 0. The minimum Gasteiger partial charge on any atom is -0.314 e. The molecule has 0 aliphatic heterocycles. The van der Waals surface area contributed by atoms with E-state index >= 15 is 0 Å². The van der Waals surface area contributed by atoms with Crippen LogP contribution in [0.15, 0.2) is 0 Å². The van der Waals surface area contributed by atoms with Crippen LogP contribution >= 0.6 is 15.9 Å². The zero-order chi connectivity index (χ0) is 9.61. The first-order valence-electron chi connectivity index (χ1n) is 2.99. The third kappa shape index (κ3) is 6.90. The van der Waals surface area contributed by atoms with Crippen LogP contribution in [0.3, 0.4) is 0 Å². The molecule has 6 nitrogen and oxygen atoms in total. The molecule has 1 unspecified atom stereocenters. The Morgan fingerprint density at radius 3 is 2.00 bits per heavy atom. The van der Waals surface area contributed by atoms with Gasteiger partial charge in [-0.25, -0.2) is 0 Å². The maximum absolute atomic E-state index is 11.2. The van der Waals surface area contributed by atoms with Crippen LogP contribution in [0.4, 0.5) is 0 Å². The van der Waals surface area contributed by atoms with Crippen LogP contribution in [0.1, 0.15) is 0 Å². The molecule has 0 aromatic rings. The van der Waals surface area contributed by atoms with E-state index in [1.807, 2.05) is 0 Å². The Bertz CT molecular complexity index is 189. The Balaban J connectivity index is 0. The SMILES string of the molecule is CO[PH](=O)OCP(=O)(OC)OC.[Li+]. The summed E-state index contributed by atoms with van der Waals surface area (Å²) >= 11 is 0. The van der Waals surface area contributed by atoms with Gasteiger partial charge < -0.3 is 13.6 Å². The Labute approximate surface area is 89.9 Å². The van der Waals surface area contributed by atoms with Gasteiger partial charge >= 0.3 is 34.7 Å². The first-order valence-corrected chi connectivity index (χ1v) is 5.94. The zero-order valence-electron chi connectivity index (χ0n) is 8.10. The number of hydrogen-bond acceptors (Lipinski definition) is 6. The molecule has 0 rings (SSSR count). The Morgan fingerprint density at radius 1 is 1.23 bits per heavy atom. The van der Waals surface area contributed by atoms with Crippen LogP contribution in [0.5, 0.6) is 0 Å². The minimum atomic E-state index is -3.22. The zero-order valence-corrected chi connectivity index (χ0v) is 10.00. The van der Waals surface area contributed by atoms with E-state index in [1.165, 1.54) is 21.3 Å². The van der Waals surface area contributed by atoms with E-state index in [0.717, 1.165) is 0 Å². The monoisotopic (exact) mass is 225 g/mol. The van der Waals surface area contributed by atoms with Gasteiger partial charge in [-0.05, 0) is 0 Å². The summed E-state index contributed by atoms with van der Waals surface area (Å²) in [5.41, 5.74) is 0. The second-order valence-corrected chi connectivity index (χ2v) is 5.11. The van der Waals surface area contributed by atoms with E-state index in [4.69, 9.17) is 0 Å². The van der Waals surface area contributed by atoms with Crippen molar-refractivity contribution in [2.75, 3.05) is 27.7 Å². The van der Waals surface area contributed by atoms with Crippen molar-refractivity contribution in [2.24, 2.45) is 0 Å².